The minimum absolute atomic E-state index is 0. The summed E-state index contributed by atoms with van der Waals surface area (Å²) in [5.74, 6) is 0. The van der Waals surface area contributed by atoms with Crippen molar-refractivity contribution in [3.8, 4) is 0 Å². The van der Waals surface area contributed by atoms with Crippen LogP contribution in [0.2, 0.25) is 0 Å². The fourth-order valence-corrected chi connectivity index (χ4v) is 0. The molecule has 3 nitrogen and oxygen atoms in total. The van der Waals surface area contributed by atoms with Gasteiger partial charge in [0.15, 0.2) is 0 Å². The van der Waals surface area contributed by atoms with Crippen LogP contribution in [-0.4, -0.2) is 18.5 Å². The molecule has 0 aromatic carbocycles. The Kier molecular flexibility index (Phi) is 4.74. The Hall–Kier alpha value is 0.960. The van der Waals surface area contributed by atoms with E-state index in [9.17, 15) is 13.2 Å². The van der Waals surface area contributed by atoms with E-state index in [4.69, 9.17) is 13.0 Å². The molecule has 0 aromatic rings. The van der Waals surface area contributed by atoms with Crippen molar-refractivity contribution in [1.29, 1.82) is 0 Å². The van der Waals surface area contributed by atoms with E-state index in [2.05, 4.69) is 0 Å². The van der Waals surface area contributed by atoms with Gasteiger partial charge < -0.3 is 0 Å². The van der Waals surface area contributed by atoms with Gasteiger partial charge in [0.05, 0.1) is 0 Å². The zero-order valence-electron chi connectivity index (χ0n) is 3.66. The van der Waals surface area contributed by atoms with E-state index in [1.807, 2.05) is 0 Å². The second-order valence-corrected chi connectivity index (χ2v) is 2.33. The molecule has 0 bridgehead atoms. The van der Waals surface area contributed by atoms with E-state index in [0.717, 1.165) is 0 Å². The second-order valence-electron chi connectivity index (χ2n) is 0.921. The first-order chi connectivity index (χ1) is 3.25. The van der Waals surface area contributed by atoms with Gasteiger partial charge in [0.25, 0.3) is 0 Å². The molecule has 0 aliphatic heterocycles. The largest absolute Gasteiger partial charge is 0.522 e. The molecular formula is CHArF3O3S. The molecule has 0 aliphatic rings. The van der Waals surface area contributed by atoms with Crippen LogP contribution in [0.1, 0.15) is 0 Å². The average Bonchev–Trinajstić information content (AvgIpc) is 1.25. The molecule has 0 saturated carbocycles. The first-order valence-electron chi connectivity index (χ1n) is 1.29. The Morgan fingerprint density at radius 2 is 1.33 bits per heavy atom. The van der Waals surface area contributed by atoms with Gasteiger partial charge in [0.1, 0.15) is 0 Å². The minimum Gasteiger partial charge on any atom is -0.279 e. The van der Waals surface area contributed by atoms with Crippen molar-refractivity contribution in [2.24, 2.45) is 0 Å². The maximum Gasteiger partial charge on any atom is 0.522 e. The summed E-state index contributed by atoms with van der Waals surface area (Å²) in [6, 6.07) is 0. The summed E-state index contributed by atoms with van der Waals surface area (Å²) in [4.78, 5) is 0. The summed E-state index contributed by atoms with van der Waals surface area (Å²) in [5.41, 5.74) is -5.53. The van der Waals surface area contributed by atoms with Gasteiger partial charge in [0, 0.05) is 37.7 Å². The molecule has 0 rings (SSSR count). The van der Waals surface area contributed by atoms with Gasteiger partial charge >= 0.3 is 15.6 Å². The smallest absolute Gasteiger partial charge is 0.279 e. The van der Waals surface area contributed by atoms with E-state index in [1.54, 1.807) is 0 Å². The molecule has 0 saturated heterocycles. The van der Waals surface area contributed by atoms with Gasteiger partial charge in [-0.05, 0) is 0 Å². The quantitative estimate of drug-likeness (QED) is 0.444. The number of halogens is 3. The van der Waals surface area contributed by atoms with Crippen molar-refractivity contribution in [3.63, 3.8) is 0 Å². The third-order valence-corrected chi connectivity index (χ3v) is 0.877. The summed E-state index contributed by atoms with van der Waals surface area (Å²) < 4.78 is 57.5. The SMILES string of the molecule is O=S(=O)(O)C(F)(F)F.[Ar]. The average molecular weight is 190 g/mol. The summed E-state index contributed by atoms with van der Waals surface area (Å²) in [6.07, 6.45) is 0. The fourth-order valence-electron chi connectivity index (χ4n) is 0. The van der Waals surface area contributed by atoms with Gasteiger partial charge in [-0.1, -0.05) is 0 Å². The topological polar surface area (TPSA) is 54.4 Å². The number of rotatable bonds is 0. The van der Waals surface area contributed by atoms with Crippen LogP contribution < -0.4 is 0 Å². The first-order valence-corrected chi connectivity index (χ1v) is 2.73. The summed E-state index contributed by atoms with van der Waals surface area (Å²) in [6.45, 7) is 0. The Morgan fingerprint density at radius 3 is 1.33 bits per heavy atom. The maximum atomic E-state index is 10.7. The zero-order valence-corrected chi connectivity index (χ0v) is 5.18. The van der Waals surface area contributed by atoms with E-state index in [-0.39, 0.29) is 37.7 Å². The van der Waals surface area contributed by atoms with Crippen molar-refractivity contribution in [3.05, 3.63) is 0 Å². The molecule has 0 heterocycles. The number of hydrogen-bond donors (Lipinski definition) is 1. The Balaban J connectivity index is 0. The van der Waals surface area contributed by atoms with E-state index < -0.39 is 15.6 Å². The maximum absolute atomic E-state index is 10.7. The van der Waals surface area contributed by atoms with E-state index >= 15 is 0 Å². The van der Waals surface area contributed by atoms with Crippen LogP contribution in [0, 0.1) is 37.7 Å². The van der Waals surface area contributed by atoms with Crippen LogP contribution in [0.5, 0.6) is 0 Å². The molecule has 0 aromatic heterocycles. The van der Waals surface area contributed by atoms with Crippen LogP contribution in [0.15, 0.2) is 0 Å². The summed E-state index contributed by atoms with van der Waals surface area (Å²) in [7, 11) is -5.84. The van der Waals surface area contributed by atoms with Crippen molar-refractivity contribution in [2.75, 3.05) is 0 Å². The molecule has 8 heteroatoms. The number of alkyl halides is 3. The van der Waals surface area contributed by atoms with Crippen molar-refractivity contribution in [2.45, 2.75) is 5.51 Å². The molecule has 0 unspecified atom stereocenters. The van der Waals surface area contributed by atoms with Crippen LogP contribution in [0.25, 0.3) is 0 Å². The molecule has 9 heavy (non-hydrogen) atoms. The van der Waals surface area contributed by atoms with Crippen molar-refractivity contribution in [1.82, 2.24) is 0 Å². The number of hydrogen-bond acceptors (Lipinski definition) is 2. The van der Waals surface area contributed by atoms with E-state index in [1.165, 1.54) is 0 Å². The molecule has 0 aliphatic carbocycles. The third-order valence-electron chi connectivity index (χ3n) is 0.292. The summed E-state index contributed by atoms with van der Waals surface area (Å²) >= 11 is 0. The summed E-state index contributed by atoms with van der Waals surface area (Å²) in [5, 5.41) is 0. The first kappa shape index (κ1) is 12.6. The van der Waals surface area contributed by atoms with Gasteiger partial charge in [-0.2, -0.15) is 21.6 Å². The third kappa shape index (κ3) is 4.38. The van der Waals surface area contributed by atoms with Gasteiger partial charge in [0.2, 0.25) is 0 Å². The van der Waals surface area contributed by atoms with Crippen molar-refractivity contribution >= 4 is 10.1 Å². The molecule has 1 N–H and O–H groups in total. The van der Waals surface area contributed by atoms with Crippen LogP contribution >= 0.6 is 0 Å². The monoisotopic (exact) mass is 190 g/mol. The molecule has 0 amide bonds. The standard InChI is InChI=1S/CHF3O3S.Ar/c2-1(3,4)8(5,6)7;/h(H,5,6,7);. The van der Waals surface area contributed by atoms with Gasteiger partial charge in [-0.15, -0.1) is 0 Å². The van der Waals surface area contributed by atoms with Crippen LogP contribution in [0.3, 0.4) is 0 Å². The van der Waals surface area contributed by atoms with Crippen molar-refractivity contribution < 1.29 is 63.9 Å². The van der Waals surface area contributed by atoms with E-state index in [0.29, 0.717) is 0 Å². The van der Waals surface area contributed by atoms with Crippen LogP contribution in [0.4, 0.5) is 13.2 Å². The Labute approximate surface area is 79.0 Å². The fraction of sp³-hybridized carbons (Fsp3) is 1.00. The predicted octanol–water partition coefficient (Wildman–Crippen LogP) is 0.394. The van der Waals surface area contributed by atoms with Gasteiger partial charge in [-0.25, -0.2) is 0 Å². The Morgan fingerprint density at radius 1 is 1.22 bits per heavy atom. The zero-order chi connectivity index (χ0) is 7.00. The molecule has 0 fully saturated rings. The minimum atomic E-state index is -5.84. The normalized spacial score (nSPS) is 12.4. The van der Waals surface area contributed by atoms with Gasteiger partial charge in [-0.3, -0.25) is 4.55 Å². The Bertz CT molecular complexity index is 168. The molecule has 0 atom stereocenters. The second kappa shape index (κ2) is 3.38. The molecule has 58 valence electrons. The molecule has 0 radical (unpaired) electrons. The van der Waals surface area contributed by atoms with Crippen LogP contribution in [-0.2, 0) is 10.1 Å². The predicted molar refractivity (Wildman–Crippen MR) is 17.6 cm³/mol. The molecular weight excluding hydrogens is 189 g/mol. The molecule has 0 spiro atoms.